The Morgan fingerprint density at radius 2 is 1.81 bits per heavy atom. The highest BCUT2D eigenvalue weighted by Crippen LogP contribution is 2.47. The second-order valence-corrected chi connectivity index (χ2v) is 10.1. The first-order chi connectivity index (χ1) is 14.7. The van der Waals surface area contributed by atoms with Gasteiger partial charge in [0.05, 0.1) is 24.0 Å². The number of aryl methyl sites for hydroxylation is 2. The summed E-state index contributed by atoms with van der Waals surface area (Å²) in [6.07, 6.45) is 2.52. The zero-order valence-electron chi connectivity index (χ0n) is 20.2. The van der Waals surface area contributed by atoms with Gasteiger partial charge >= 0.3 is 0 Å². The van der Waals surface area contributed by atoms with Gasteiger partial charge in [-0.05, 0) is 69.6 Å². The Hall–Kier alpha value is -2.14. The Bertz CT molecular complexity index is 1030. The lowest BCUT2D eigenvalue weighted by molar-refractivity contribution is 0.0969. The maximum absolute atomic E-state index is 13.8. The summed E-state index contributed by atoms with van der Waals surface area (Å²) in [7, 11) is 0. The molecule has 0 bridgehead atoms. The Kier molecular flexibility index (Phi) is 5.76. The molecule has 2 fully saturated rings. The summed E-state index contributed by atoms with van der Waals surface area (Å²) >= 11 is 0. The molecule has 4 rings (SSSR count). The first kappa shape index (κ1) is 22.1. The van der Waals surface area contributed by atoms with Crippen molar-refractivity contribution >= 4 is 5.82 Å². The van der Waals surface area contributed by atoms with E-state index in [2.05, 4.69) is 52.5 Å². The molecular formula is C26H37N3O2. The molecule has 0 aliphatic carbocycles. The molecule has 0 radical (unpaired) electrons. The molecule has 0 N–H and O–H groups in total. The van der Waals surface area contributed by atoms with E-state index in [9.17, 15) is 4.79 Å². The molecule has 1 aromatic carbocycles. The van der Waals surface area contributed by atoms with Crippen molar-refractivity contribution in [1.82, 2.24) is 9.55 Å². The van der Waals surface area contributed by atoms with Gasteiger partial charge in [-0.3, -0.25) is 9.36 Å². The third-order valence-electron chi connectivity index (χ3n) is 8.02. The number of nitrogens with zero attached hydrogens (tertiary/aromatic N) is 3. The van der Waals surface area contributed by atoms with Gasteiger partial charge < -0.3 is 9.64 Å². The Morgan fingerprint density at radius 1 is 1.13 bits per heavy atom. The summed E-state index contributed by atoms with van der Waals surface area (Å²) in [5.74, 6) is 2.32. The van der Waals surface area contributed by atoms with Crippen molar-refractivity contribution in [2.45, 2.75) is 73.3 Å². The minimum Gasteiger partial charge on any atom is -0.378 e. The zero-order chi connectivity index (χ0) is 22.5. The van der Waals surface area contributed by atoms with Gasteiger partial charge in [-0.1, -0.05) is 32.9 Å². The highest BCUT2D eigenvalue weighted by Gasteiger charge is 2.47. The van der Waals surface area contributed by atoms with Crippen LogP contribution in [0.3, 0.4) is 0 Å². The van der Waals surface area contributed by atoms with Crippen LogP contribution in [0, 0.1) is 32.1 Å². The van der Waals surface area contributed by atoms with Gasteiger partial charge in [-0.25, -0.2) is 4.98 Å². The van der Waals surface area contributed by atoms with E-state index in [1.54, 1.807) is 4.57 Å². The van der Waals surface area contributed by atoms with Crippen LogP contribution in [0.1, 0.15) is 69.0 Å². The SMILES string of the molecule is Cc1cccc(-n2c(C)nc(N3CCC4(CC3)CO[C@@H](C)[C@H]4C)c(C(C)C)c2=O)c1C. The minimum absolute atomic E-state index is 0.0673. The third-order valence-corrected chi connectivity index (χ3v) is 8.02. The van der Waals surface area contributed by atoms with Gasteiger partial charge in [-0.2, -0.15) is 0 Å². The first-order valence-corrected chi connectivity index (χ1v) is 11.7. The summed E-state index contributed by atoms with van der Waals surface area (Å²) in [5.41, 5.74) is 4.41. The summed E-state index contributed by atoms with van der Waals surface area (Å²) in [4.78, 5) is 21.2. The Balaban J connectivity index is 1.73. The van der Waals surface area contributed by atoms with Crippen LogP contribution in [0.5, 0.6) is 0 Å². The first-order valence-electron chi connectivity index (χ1n) is 11.7. The highest BCUT2D eigenvalue weighted by molar-refractivity contribution is 5.52. The molecule has 1 spiro atoms. The predicted molar refractivity (Wildman–Crippen MR) is 127 cm³/mol. The summed E-state index contributed by atoms with van der Waals surface area (Å²) in [5, 5.41) is 0. The normalized spacial score (nSPS) is 23.2. The molecule has 2 saturated heterocycles. The van der Waals surface area contributed by atoms with Crippen molar-refractivity contribution in [3.05, 3.63) is 51.1 Å². The lowest BCUT2D eigenvalue weighted by Crippen LogP contribution is -2.45. The number of piperidine rings is 1. The maximum Gasteiger partial charge on any atom is 0.263 e. The van der Waals surface area contributed by atoms with Gasteiger partial charge in [-0.15, -0.1) is 0 Å². The van der Waals surface area contributed by atoms with E-state index in [-0.39, 0.29) is 16.9 Å². The van der Waals surface area contributed by atoms with Crippen LogP contribution in [0.15, 0.2) is 23.0 Å². The quantitative estimate of drug-likeness (QED) is 0.703. The van der Waals surface area contributed by atoms with E-state index in [1.165, 1.54) is 5.56 Å². The summed E-state index contributed by atoms with van der Waals surface area (Å²) in [6, 6.07) is 6.13. The number of anilines is 1. The molecule has 2 aliphatic rings. The molecule has 31 heavy (non-hydrogen) atoms. The number of hydrogen-bond acceptors (Lipinski definition) is 4. The van der Waals surface area contributed by atoms with Gasteiger partial charge in [0.2, 0.25) is 0 Å². The lowest BCUT2D eigenvalue weighted by atomic mass is 9.70. The molecule has 168 valence electrons. The molecule has 0 unspecified atom stereocenters. The standard InChI is InChI=1S/C26H37N3O2/c1-16(2)23-24(28-13-11-26(12-14-28)15-31-20(6)19(26)5)27-21(7)29(25(23)30)22-10-8-9-17(3)18(22)4/h8-10,16,19-20H,11-15H2,1-7H3/t19-,20+/m1/s1. The average Bonchev–Trinajstić information content (AvgIpc) is 2.99. The average molecular weight is 424 g/mol. The monoisotopic (exact) mass is 423 g/mol. The van der Waals surface area contributed by atoms with Crippen LogP contribution in [0.4, 0.5) is 5.82 Å². The van der Waals surface area contributed by atoms with Crippen LogP contribution in [0.2, 0.25) is 0 Å². The van der Waals surface area contributed by atoms with Crippen LogP contribution in [0.25, 0.3) is 5.69 Å². The number of rotatable bonds is 3. The molecule has 5 nitrogen and oxygen atoms in total. The molecule has 2 atom stereocenters. The molecule has 2 aliphatic heterocycles. The van der Waals surface area contributed by atoms with Crippen molar-refractivity contribution < 1.29 is 4.74 Å². The molecule has 3 heterocycles. The lowest BCUT2D eigenvalue weighted by Gasteiger charge is -2.42. The van der Waals surface area contributed by atoms with Gasteiger partial charge in [0.25, 0.3) is 5.56 Å². The van der Waals surface area contributed by atoms with Crippen LogP contribution in [-0.4, -0.2) is 35.4 Å². The van der Waals surface area contributed by atoms with E-state index >= 15 is 0 Å². The van der Waals surface area contributed by atoms with Crippen LogP contribution < -0.4 is 10.5 Å². The molecule has 1 aromatic heterocycles. The second kappa shape index (κ2) is 8.09. The van der Waals surface area contributed by atoms with Gasteiger partial charge in [0.1, 0.15) is 11.6 Å². The number of aromatic nitrogens is 2. The fraction of sp³-hybridized carbons (Fsp3) is 0.615. The number of hydrogen-bond donors (Lipinski definition) is 0. The largest absolute Gasteiger partial charge is 0.378 e. The van der Waals surface area contributed by atoms with Crippen molar-refractivity contribution in [3.8, 4) is 5.69 Å². The fourth-order valence-corrected chi connectivity index (χ4v) is 5.47. The number of benzene rings is 1. The van der Waals surface area contributed by atoms with E-state index in [1.807, 2.05) is 19.1 Å². The Labute approximate surface area is 186 Å². The predicted octanol–water partition coefficient (Wildman–Crippen LogP) is 4.92. The highest BCUT2D eigenvalue weighted by atomic mass is 16.5. The topological polar surface area (TPSA) is 47.4 Å². The van der Waals surface area contributed by atoms with Crippen LogP contribution >= 0.6 is 0 Å². The fourth-order valence-electron chi connectivity index (χ4n) is 5.47. The molecule has 0 amide bonds. The maximum atomic E-state index is 13.8. The van der Waals surface area contributed by atoms with Gasteiger partial charge in [0, 0.05) is 18.5 Å². The second-order valence-electron chi connectivity index (χ2n) is 10.1. The van der Waals surface area contributed by atoms with E-state index in [4.69, 9.17) is 9.72 Å². The smallest absolute Gasteiger partial charge is 0.263 e. The molecule has 0 saturated carbocycles. The van der Waals surface area contributed by atoms with Crippen molar-refractivity contribution in [1.29, 1.82) is 0 Å². The van der Waals surface area contributed by atoms with Crippen LogP contribution in [-0.2, 0) is 4.74 Å². The molecule has 5 heteroatoms. The Morgan fingerprint density at radius 3 is 2.39 bits per heavy atom. The number of ether oxygens (including phenoxy) is 1. The summed E-state index contributed by atoms with van der Waals surface area (Å²) in [6.45, 7) is 17.6. The molecule has 2 aromatic rings. The van der Waals surface area contributed by atoms with E-state index < -0.39 is 0 Å². The minimum atomic E-state index is 0.0673. The van der Waals surface area contributed by atoms with Gasteiger partial charge in [0.15, 0.2) is 0 Å². The third kappa shape index (κ3) is 3.61. The molecular weight excluding hydrogens is 386 g/mol. The zero-order valence-corrected chi connectivity index (χ0v) is 20.2. The van der Waals surface area contributed by atoms with Crippen molar-refractivity contribution in [3.63, 3.8) is 0 Å². The van der Waals surface area contributed by atoms with Crippen molar-refractivity contribution in [2.75, 3.05) is 24.6 Å². The summed E-state index contributed by atoms with van der Waals surface area (Å²) < 4.78 is 7.80. The van der Waals surface area contributed by atoms with E-state index in [0.29, 0.717) is 12.0 Å². The van der Waals surface area contributed by atoms with Crippen molar-refractivity contribution in [2.24, 2.45) is 11.3 Å². The van der Waals surface area contributed by atoms with E-state index in [0.717, 1.165) is 61.0 Å².